The molecular formula is C14H13Cl2N3OS. The minimum Gasteiger partial charge on any atom is -0.308 e. The van der Waals surface area contributed by atoms with Gasteiger partial charge in [-0.2, -0.15) is 5.10 Å². The van der Waals surface area contributed by atoms with E-state index in [-0.39, 0.29) is 16.4 Å². The third-order valence-corrected chi connectivity index (χ3v) is 5.60. The second kappa shape index (κ2) is 5.55. The molecule has 2 unspecified atom stereocenters. The molecule has 3 rings (SSSR count). The lowest BCUT2D eigenvalue weighted by molar-refractivity contribution is -0.115. The van der Waals surface area contributed by atoms with Gasteiger partial charge in [0.2, 0.25) is 5.91 Å². The van der Waals surface area contributed by atoms with Crippen LogP contribution in [-0.2, 0) is 4.79 Å². The van der Waals surface area contributed by atoms with Crippen LogP contribution in [0.2, 0.25) is 10.0 Å². The number of rotatable bonds is 1. The Morgan fingerprint density at radius 3 is 2.76 bits per heavy atom. The van der Waals surface area contributed by atoms with Crippen LogP contribution >= 0.6 is 35.0 Å². The van der Waals surface area contributed by atoms with Gasteiger partial charge in [0.05, 0.1) is 20.5 Å². The Morgan fingerprint density at radius 1 is 1.29 bits per heavy atom. The Kier molecular flexibility index (Phi) is 3.90. The standard InChI is InChI=1S/C14H13Cl2N3OS/c1-6-11-12(8-3-4-9(15)10(16)5-8)21-7(2)14(20)17-13(11)19-18-6/h3-5,7,12H,1-2H3,(H2,17,18,19,20). The molecule has 1 aromatic heterocycles. The molecule has 1 amide bonds. The maximum absolute atomic E-state index is 12.1. The number of hydrogen-bond acceptors (Lipinski definition) is 3. The molecule has 0 fully saturated rings. The van der Waals surface area contributed by atoms with Gasteiger partial charge in [-0.1, -0.05) is 29.3 Å². The average Bonchev–Trinajstić information content (AvgIpc) is 2.73. The van der Waals surface area contributed by atoms with Crippen molar-refractivity contribution < 1.29 is 4.79 Å². The van der Waals surface area contributed by atoms with Gasteiger partial charge in [-0.15, -0.1) is 11.8 Å². The highest BCUT2D eigenvalue weighted by molar-refractivity contribution is 8.01. The maximum Gasteiger partial charge on any atom is 0.238 e. The summed E-state index contributed by atoms with van der Waals surface area (Å²) < 4.78 is 0. The second-order valence-corrected chi connectivity index (χ2v) is 7.20. The van der Waals surface area contributed by atoms with Crippen LogP contribution in [0.3, 0.4) is 0 Å². The van der Waals surface area contributed by atoms with Crippen LogP contribution in [0.25, 0.3) is 0 Å². The molecule has 1 aromatic carbocycles. The average molecular weight is 342 g/mol. The van der Waals surface area contributed by atoms with Crippen molar-refractivity contribution in [3.05, 3.63) is 45.1 Å². The number of H-pyrrole nitrogens is 1. The molecule has 2 aromatic rings. The van der Waals surface area contributed by atoms with Crippen LogP contribution in [0.4, 0.5) is 5.82 Å². The molecule has 2 atom stereocenters. The van der Waals surface area contributed by atoms with E-state index in [1.165, 1.54) is 0 Å². The molecule has 7 heteroatoms. The van der Waals surface area contributed by atoms with Crippen LogP contribution in [0, 0.1) is 6.92 Å². The molecule has 2 heterocycles. The van der Waals surface area contributed by atoms with E-state index in [0.717, 1.165) is 16.8 Å². The number of benzene rings is 1. The van der Waals surface area contributed by atoms with Crippen molar-refractivity contribution in [2.24, 2.45) is 0 Å². The molecule has 0 saturated carbocycles. The molecule has 0 spiro atoms. The topological polar surface area (TPSA) is 57.8 Å². The number of aryl methyl sites for hydroxylation is 1. The molecule has 2 N–H and O–H groups in total. The summed E-state index contributed by atoms with van der Waals surface area (Å²) in [6.07, 6.45) is 0. The highest BCUT2D eigenvalue weighted by atomic mass is 35.5. The first-order valence-corrected chi connectivity index (χ1v) is 8.13. The lowest BCUT2D eigenvalue weighted by Crippen LogP contribution is -2.21. The Bertz CT molecular complexity index is 716. The summed E-state index contributed by atoms with van der Waals surface area (Å²) in [6.45, 7) is 3.83. The number of nitrogens with one attached hydrogen (secondary N) is 2. The molecule has 4 nitrogen and oxygen atoms in total. The van der Waals surface area contributed by atoms with Crippen LogP contribution < -0.4 is 5.32 Å². The van der Waals surface area contributed by atoms with Gasteiger partial charge < -0.3 is 5.32 Å². The van der Waals surface area contributed by atoms with E-state index in [2.05, 4.69) is 15.5 Å². The van der Waals surface area contributed by atoms with Gasteiger partial charge in [0.1, 0.15) is 0 Å². The summed E-state index contributed by atoms with van der Waals surface area (Å²) >= 11 is 13.7. The number of carbonyl (C=O) groups excluding carboxylic acids is 1. The van der Waals surface area contributed by atoms with Crippen LogP contribution in [0.1, 0.15) is 29.0 Å². The number of carbonyl (C=O) groups is 1. The number of hydrogen-bond donors (Lipinski definition) is 2. The van der Waals surface area contributed by atoms with Gasteiger partial charge in [-0.05, 0) is 31.5 Å². The van der Waals surface area contributed by atoms with Crippen LogP contribution in [0.15, 0.2) is 18.2 Å². The van der Waals surface area contributed by atoms with E-state index >= 15 is 0 Å². The number of aromatic nitrogens is 2. The number of fused-ring (bicyclic) bond motifs is 1. The Labute approximate surface area is 136 Å². The lowest BCUT2D eigenvalue weighted by Gasteiger charge is -2.18. The second-order valence-electron chi connectivity index (χ2n) is 4.93. The monoisotopic (exact) mass is 341 g/mol. The fourth-order valence-corrected chi connectivity index (χ4v) is 3.95. The zero-order valence-electron chi connectivity index (χ0n) is 11.4. The van der Waals surface area contributed by atoms with Crippen molar-refractivity contribution in [3.8, 4) is 0 Å². The minimum absolute atomic E-state index is 0.0255. The Morgan fingerprint density at radius 2 is 2.05 bits per heavy atom. The molecule has 0 aliphatic carbocycles. The fourth-order valence-electron chi connectivity index (χ4n) is 2.33. The van der Waals surface area contributed by atoms with E-state index < -0.39 is 0 Å². The predicted molar refractivity (Wildman–Crippen MR) is 87.3 cm³/mol. The number of amides is 1. The summed E-state index contributed by atoms with van der Waals surface area (Å²) in [5.41, 5.74) is 2.92. The van der Waals surface area contributed by atoms with E-state index in [9.17, 15) is 4.79 Å². The van der Waals surface area contributed by atoms with Crippen molar-refractivity contribution in [2.75, 3.05) is 5.32 Å². The lowest BCUT2D eigenvalue weighted by atomic mass is 10.0. The van der Waals surface area contributed by atoms with Crippen molar-refractivity contribution in [1.29, 1.82) is 0 Å². The van der Waals surface area contributed by atoms with Crippen molar-refractivity contribution in [1.82, 2.24) is 10.2 Å². The van der Waals surface area contributed by atoms with Crippen LogP contribution in [-0.4, -0.2) is 21.4 Å². The number of nitrogens with zero attached hydrogens (tertiary/aromatic N) is 1. The first-order valence-electron chi connectivity index (χ1n) is 6.43. The summed E-state index contributed by atoms with van der Waals surface area (Å²) in [7, 11) is 0. The smallest absolute Gasteiger partial charge is 0.238 e. The molecule has 0 bridgehead atoms. The van der Waals surface area contributed by atoms with Gasteiger partial charge in [0.25, 0.3) is 0 Å². The van der Waals surface area contributed by atoms with Gasteiger partial charge in [0, 0.05) is 11.3 Å². The fraction of sp³-hybridized carbons (Fsp3) is 0.286. The first-order chi connectivity index (χ1) is 9.97. The zero-order valence-corrected chi connectivity index (χ0v) is 13.7. The van der Waals surface area contributed by atoms with E-state index in [1.807, 2.05) is 26.0 Å². The quantitative estimate of drug-likeness (QED) is 0.817. The number of aromatic amines is 1. The molecule has 1 aliphatic rings. The summed E-state index contributed by atoms with van der Waals surface area (Å²) in [5.74, 6) is 0.542. The van der Waals surface area contributed by atoms with Crippen molar-refractivity contribution >= 4 is 46.7 Å². The largest absolute Gasteiger partial charge is 0.308 e. The summed E-state index contributed by atoms with van der Waals surface area (Å²) in [4.78, 5) is 12.1. The predicted octanol–water partition coefficient (Wildman–Crippen LogP) is 4.19. The van der Waals surface area contributed by atoms with E-state index in [1.54, 1.807) is 17.8 Å². The molecule has 0 radical (unpaired) electrons. The van der Waals surface area contributed by atoms with Gasteiger partial charge in [-0.25, -0.2) is 0 Å². The SMILES string of the molecule is Cc1[nH]nc2c1C(c1ccc(Cl)c(Cl)c1)SC(C)C(=O)N2. The van der Waals surface area contributed by atoms with Crippen molar-refractivity contribution in [2.45, 2.75) is 24.3 Å². The van der Waals surface area contributed by atoms with Crippen LogP contribution in [0.5, 0.6) is 0 Å². The Hall–Kier alpha value is -1.17. The molecule has 1 aliphatic heterocycles. The third kappa shape index (κ3) is 2.65. The first kappa shape index (κ1) is 14.8. The summed E-state index contributed by atoms with van der Waals surface area (Å²) in [5, 5.41) is 10.8. The molecule has 110 valence electrons. The molecule has 21 heavy (non-hydrogen) atoms. The van der Waals surface area contributed by atoms with E-state index in [4.69, 9.17) is 23.2 Å². The summed E-state index contributed by atoms with van der Waals surface area (Å²) in [6, 6.07) is 5.56. The van der Waals surface area contributed by atoms with Gasteiger partial charge >= 0.3 is 0 Å². The Balaban J connectivity index is 2.13. The molecular weight excluding hydrogens is 329 g/mol. The minimum atomic E-state index is -0.182. The number of anilines is 1. The number of thioether (sulfide) groups is 1. The third-order valence-electron chi connectivity index (χ3n) is 3.45. The van der Waals surface area contributed by atoms with E-state index in [0.29, 0.717) is 15.9 Å². The molecule has 0 saturated heterocycles. The highest BCUT2D eigenvalue weighted by Gasteiger charge is 2.32. The van der Waals surface area contributed by atoms with Gasteiger partial charge in [0.15, 0.2) is 5.82 Å². The normalized spacial score (nSPS) is 21.6. The van der Waals surface area contributed by atoms with Crippen molar-refractivity contribution in [3.63, 3.8) is 0 Å². The van der Waals surface area contributed by atoms with Gasteiger partial charge in [-0.3, -0.25) is 9.89 Å². The maximum atomic E-state index is 12.1. The zero-order chi connectivity index (χ0) is 15.1. The highest BCUT2D eigenvalue weighted by Crippen LogP contribution is 2.45. The number of halogens is 2.